The molecule has 1 unspecified atom stereocenters. The second-order valence-electron chi connectivity index (χ2n) is 4.09. The molecular formula is C12H16N3NaO. The van der Waals surface area contributed by atoms with E-state index in [1.54, 1.807) is 18.5 Å². The van der Waals surface area contributed by atoms with Crippen molar-refractivity contribution in [2.24, 2.45) is 4.99 Å². The van der Waals surface area contributed by atoms with Gasteiger partial charge in [-0.05, 0) is 13.5 Å². The average Bonchev–Trinajstić information content (AvgIpc) is 2.37. The van der Waals surface area contributed by atoms with Crippen LogP contribution >= 0.6 is 0 Å². The molecule has 4 nitrogen and oxygen atoms in total. The van der Waals surface area contributed by atoms with E-state index in [0.717, 1.165) is 5.56 Å². The van der Waals surface area contributed by atoms with Gasteiger partial charge in [0.2, 0.25) is 0 Å². The van der Waals surface area contributed by atoms with Crippen LogP contribution in [0.2, 0.25) is 0 Å². The van der Waals surface area contributed by atoms with Crippen LogP contribution < -0.4 is 35.0 Å². The molecule has 0 aliphatic carbocycles. The van der Waals surface area contributed by atoms with Crippen LogP contribution in [0.1, 0.15) is 12.5 Å². The van der Waals surface area contributed by atoms with Crippen LogP contribution in [0.25, 0.3) is 0 Å². The van der Waals surface area contributed by atoms with E-state index in [4.69, 9.17) is 0 Å². The standard InChI is InChI=1S/C12H16N3O.Na/c1-12(16)11(10-6-4-3-5-7-10)13-8-9-15(2)14-12;/h3-8,14,16H,9H2,1-2H3;/q-1;+1. The van der Waals surface area contributed by atoms with Crippen molar-refractivity contribution in [3.63, 3.8) is 0 Å². The fourth-order valence-corrected chi connectivity index (χ4v) is 1.80. The van der Waals surface area contributed by atoms with Gasteiger partial charge in [0.15, 0.2) is 0 Å². The van der Waals surface area contributed by atoms with E-state index in [1.165, 1.54) is 0 Å². The Morgan fingerprint density at radius 3 is 2.71 bits per heavy atom. The van der Waals surface area contributed by atoms with E-state index in [0.29, 0.717) is 12.3 Å². The van der Waals surface area contributed by atoms with Crippen LogP contribution in [0.4, 0.5) is 0 Å². The van der Waals surface area contributed by atoms with Crippen molar-refractivity contribution in [2.45, 2.75) is 12.6 Å². The first-order valence-electron chi connectivity index (χ1n) is 5.26. The van der Waals surface area contributed by atoms with E-state index >= 15 is 0 Å². The van der Waals surface area contributed by atoms with Crippen molar-refractivity contribution in [3.8, 4) is 0 Å². The van der Waals surface area contributed by atoms with E-state index in [-0.39, 0.29) is 29.6 Å². The normalized spacial score (nSPS) is 25.2. The van der Waals surface area contributed by atoms with Crippen molar-refractivity contribution in [2.75, 3.05) is 13.6 Å². The van der Waals surface area contributed by atoms with Gasteiger partial charge in [0.25, 0.3) is 0 Å². The molecule has 0 fully saturated rings. The van der Waals surface area contributed by atoms with E-state index in [2.05, 4.69) is 10.4 Å². The summed E-state index contributed by atoms with van der Waals surface area (Å²) in [6.45, 7) is 4.15. The van der Waals surface area contributed by atoms with Crippen molar-refractivity contribution in [1.29, 1.82) is 0 Å². The van der Waals surface area contributed by atoms with Gasteiger partial charge in [-0.15, -0.1) is 6.54 Å². The van der Waals surface area contributed by atoms with Crippen LogP contribution in [0.5, 0.6) is 0 Å². The molecule has 0 radical (unpaired) electrons. The van der Waals surface area contributed by atoms with Gasteiger partial charge in [-0.25, -0.2) is 5.43 Å². The van der Waals surface area contributed by atoms with Gasteiger partial charge in [-0.2, -0.15) is 0 Å². The van der Waals surface area contributed by atoms with Gasteiger partial charge in [0.05, 0.1) is 0 Å². The molecule has 0 saturated heterocycles. The summed E-state index contributed by atoms with van der Waals surface area (Å²) in [5.41, 5.74) is 3.40. The summed E-state index contributed by atoms with van der Waals surface area (Å²) in [4.78, 5) is 4.33. The maximum atomic E-state index is 10.3. The molecule has 1 aliphatic rings. The number of nitrogens with one attached hydrogen (secondary N) is 1. The number of hydrazine groups is 1. The fraction of sp³-hybridized carbons (Fsp3) is 0.333. The van der Waals surface area contributed by atoms with Gasteiger partial charge in [-0.3, -0.25) is 5.01 Å². The quantitative estimate of drug-likeness (QED) is 0.433. The summed E-state index contributed by atoms with van der Waals surface area (Å²) in [7, 11) is 1.87. The molecule has 0 saturated carbocycles. The second-order valence-corrected chi connectivity index (χ2v) is 4.09. The number of benzene rings is 1. The molecule has 1 aliphatic heterocycles. The Bertz CT molecular complexity index is 392. The minimum absolute atomic E-state index is 0. The predicted molar refractivity (Wildman–Crippen MR) is 63.7 cm³/mol. The predicted octanol–water partition coefficient (Wildman–Crippen LogP) is -2.20. The van der Waals surface area contributed by atoms with Crippen molar-refractivity contribution in [1.82, 2.24) is 10.4 Å². The number of nitrogens with zero attached hydrogens (tertiary/aromatic N) is 2. The topological polar surface area (TPSA) is 47.9 Å². The zero-order valence-corrected chi connectivity index (χ0v) is 12.5. The van der Waals surface area contributed by atoms with Gasteiger partial charge in [-0.1, -0.05) is 41.6 Å². The molecule has 2 N–H and O–H groups in total. The molecule has 0 bridgehead atoms. The summed E-state index contributed by atoms with van der Waals surface area (Å²) in [6.07, 6.45) is 0. The van der Waals surface area contributed by atoms with Gasteiger partial charge in [0.1, 0.15) is 5.72 Å². The first kappa shape index (κ1) is 14.7. The number of aliphatic hydroxyl groups is 1. The maximum absolute atomic E-state index is 10.3. The second kappa shape index (κ2) is 6.00. The third-order valence-corrected chi connectivity index (χ3v) is 2.49. The monoisotopic (exact) mass is 241 g/mol. The third-order valence-electron chi connectivity index (χ3n) is 2.49. The molecule has 0 aromatic heterocycles. The van der Waals surface area contributed by atoms with E-state index in [9.17, 15) is 5.11 Å². The first-order chi connectivity index (χ1) is 7.59. The van der Waals surface area contributed by atoms with Crippen LogP contribution in [0.15, 0.2) is 35.3 Å². The molecule has 1 heterocycles. The Morgan fingerprint density at radius 1 is 1.41 bits per heavy atom. The van der Waals surface area contributed by atoms with Crippen LogP contribution in [0, 0.1) is 6.54 Å². The minimum Gasteiger partial charge on any atom is -0.445 e. The number of hydrogen-bond acceptors (Lipinski definition) is 4. The summed E-state index contributed by atoms with van der Waals surface area (Å²) >= 11 is 0. The zero-order chi connectivity index (χ0) is 11.6. The van der Waals surface area contributed by atoms with Crippen LogP contribution in [-0.2, 0) is 0 Å². The summed E-state index contributed by atoms with van der Waals surface area (Å²) in [5, 5.41) is 12.1. The fourth-order valence-electron chi connectivity index (χ4n) is 1.80. The Hall–Kier alpha value is -0.360. The smallest absolute Gasteiger partial charge is 0.445 e. The summed E-state index contributed by atoms with van der Waals surface area (Å²) in [5.74, 6) is 0. The van der Waals surface area contributed by atoms with E-state index < -0.39 is 5.72 Å². The Balaban J connectivity index is 0.00000144. The molecule has 2 rings (SSSR count). The molecule has 86 valence electrons. The van der Waals surface area contributed by atoms with Crippen molar-refractivity contribution >= 4 is 5.71 Å². The molecule has 1 aromatic rings. The molecule has 5 heteroatoms. The van der Waals surface area contributed by atoms with E-state index in [1.807, 2.05) is 37.4 Å². The minimum atomic E-state index is -1.15. The number of hydrogen-bond donors (Lipinski definition) is 2. The average molecular weight is 241 g/mol. The van der Waals surface area contributed by atoms with Crippen molar-refractivity contribution in [3.05, 3.63) is 42.4 Å². The van der Waals surface area contributed by atoms with Crippen LogP contribution in [-0.4, -0.2) is 35.1 Å². The van der Waals surface area contributed by atoms with Crippen molar-refractivity contribution < 1.29 is 34.7 Å². The molecule has 17 heavy (non-hydrogen) atoms. The largest absolute Gasteiger partial charge is 1.00 e. The summed E-state index contributed by atoms with van der Waals surface area (Å²) in [6, 6.07) is 9.69. The maximum Gasteiger partial charge on any atom is 1.00 e. The third kappa shape index (κ3) is 3.55. The van der Waals surface area contributed by atoms with Gasteiger partial charge < -0.3 is 10.1 Å². The molecule has 1 aromatic carbocycles. The zero-order valence-electron chi connectivity index (χ0n) is 10.5. The molecule has 0 spiro atoms. The molecular weight excluding hydrogens is 225 g/mol. The SMILES string of the molecule is CN1C[CH-]N=C(c2ccccc2)C(C)(O)N1.[Na+]. The summed E-state index contributed by atoms with van der Waals surface area (Å²) < 4.78 is 0. The first-order valence-corrected chi connectivity index (χ1v) is 5.26. The van der Waals surface area contributed by atoms with Gasteiger partial charge >= 0.3 is 29.6 Å². The Kier molecular flexibility index (Phi) is 5.19. The Labute approximate surface area is 124 Å². The number of aliphatic imine (C=N–C) groups is 1. The number of rotatable bonds is 1. The van der Waals surface area contributed by atoms with Gasteiger partial charge in [0, 0.05) is 7.05 Å². The number of likely N-dealkylation sites (N-methyl/N-ethyl adjacent to an activating group) is 1. The molecule has 0 amide bonds. The Morgan fingerprint density at radius 2 is 2.06 bits per heavy atom. The van der Waals surface area contributed by atoms with Crippen LogP contribution in [0.3, 0.4) is 0 Å². The molecule has 1 atom stereocenters.